The van der Waals surface area contributed by atoms with Crippen LogP contribution in [0.15, 0.2) is 34.8 Å². The fourth-order valence-electron chi connectivity index (χ4n) is 1.83. The molecule has 0 radical (unpaired) electrons. The maximum Gasteiger partial charge on any atom is 0.0554 e. The number of rotatable bonds is 4. The van der Waals surface area contributed by atoms with Crippen molar-refractivity contribution in [1.29, 1.82) is 0 Å². The summed E-state index contributed by atoms with van der Waals surface area (Å²) in [6.45, 7) is 5.29. The quantitative estimate of drug-likeness (QED) is 0.772. The second kappa shape index (κ2) is 6.20. The Hall–Kier alpha value is -0.350. The van der Waals surface area contributed by atoms with Gasteiger partial charge in [0.05, 0.1) is 5.02 Å². The van der Waals surface area contributed by atoms with E-state index in [1.807, 2.05) is 12.1 Å². The number of benzene rings is 1. The first-order chi connectivity index (χ1) is 8.63. The molecule has 4 heteroatoms. The molecule has 0 aliphatic rings. The van der Waals surface area contributed by atoms with Gasteiger partial charge in [-0.2, -0.15) is 0 Å². The Balaban J connectivity index is 2.32. The summed E-state index contributed by atoms with van der Waals surface area (Å²) in [5.74, 6) is 0. The van der Waals surface area contributed by atoms with Gasteiger partial charge in [-0.3, -0.25) is 0 Å². The van der Waals surface area contributed by atoms with Crippen LogP contribution in [-0.2, 0) is 0 Å². The molecule has 0 bridgehead atoms. The lowest BCUT2D eigenvalue weighted by Crippen LogP contribution is -2.16. The van der Waals surface area contributed by atoms with E-state index in [4.69, 9.17) is 11.6 Å². The summed E-state index contributed by atoms with van der Waals surface area (Å²) in [5.41, 5.74) is 1.16. The fraction of sp³-hybridized carbons (Fsp3) is 0.286. The van der Waals surface area contributed by atoms with E-state index in [-0.39, 0.29) is 0 Å². The Morgan fingerprint density at radius 3 is 2.83 bits per heavy atom. The van der Waals surface area contributed by atoms with Gasteiger partial charge in [0.25, 0.3) is 0 Å². The van der Waals surface area contributed by atoms with Crippen LogP contribution >= 0.6 is 38.9 Å². The molecule has 2 rings (SSSR count). The van der Waals surface area contributed by atoms with Gasteiger partial charge in [0.1, 0.15) is 0 Å². The average Bonchev–Trinajstić information content (AvgIpc) is 2.82. The van der Waals surface area contributed by atoms with Crippen molar-refractivity contribution in [2.45, 2.75) is 19.9 Å². The largest absolute Gasteiger partial charge is 0.310 e. The van der Waals surface area contributed by atoms with E-state index in [1.54, 1.807) is 11.3 Å². The van der Waals surface area contributed by atoms with Crippen LogP contribution in [0.2, 0.25) is 5.02 Å². The van der Waals surface area contributed by atoms with Gasteiger partial charge in [-0.1, -0.05) is 30.7 Å². The first-order valence-corrected chi connectivity index (χ1v) is 7.89. The Morgan fingerprint density at radius 2 is 2.11 bits per heavy atom. The molecule has 1 aromatic heterocycles. The molecule has 0 fully saturated rings. The summed E-state index contributed by atoms with van der Waals surface area (Å²) in [7, 11) is 0. The van der Waals surface area contributed by atoms with Crippen LogP contribution in [0.25, 0.3) is 10.4 Å². The Morgan fingerprint density at radius 1 is 1.33 bits per heavy atom. The van der Waals surface area contributed by atoms with Crippen LogP contribution in [0.4, 0.5) is 0 Å². The van der Waals surface area contributed by atoms with Crippen LogP contribution in [0.3, 0.4) is 0 Å². The van der Waals surface area contributed by atoms with E-state index in [2.05, 4.69) is 53.3 Å². The van der Waals surface area contributed by atoms with Crippen molar-refractivity contribution in [3.8, 4) is 10.4 Å². The number of hydrogen-bond donors (Lipinski definition) is 1. The van der Waals surface area contributed by atoms with Crippen molar-refractivity contribution in [2.75, 3.05) is 6.54 Å². The van der Waals surface area contributed by atoms with E-state index in [0.717, 1.165) is 21.6 Å². The minimum absolute atomic E-state index is 0.395. The first-order valence-electron chi connectivity index (χ1n) is 5.91. The van der Waals surface area contributed by atoms with Crippen molar-refractivity contribution in [1.82, 2.24) is 5.32 Å². The lowest BCUT2D eigenvalue weighted by Gasteiger charge is -2.09. The summed E-state index contributed by atoms with van der Waals surface area (Å²) in [5, 5.41) is 4.18. The van der Waals surface area contributed by atoms with Crippen molar-refractivity contribution in [3.05, 3.63) is 44.7 Å². The maximum absolute atomic E-state index is 6.13. The molecule has 0 aliphatic carbocycles. The van der Waals surface area contributed by atoms with Crippen LogP contribution in [-0.4, -0.2) is 6.54 Å². The number of thiophene rings is 1. The second-order valence-corrected chi connectivity index (χ2v) is 6.40. The van der Waals surface area contributed by atoms with Gasteiger partial charge >= 0.3 is 0 Å². The van der Waals surface area contributed by atoms with Crippen molar-refractivity contribution in [2.24, 2.45) is 0 Å². The Labute approximate surface area is 125 Å². The van der Waals surface area contributed by atoms with Gasteiger partial charge < -0.3 is 5.32 Å². The molecule has 2 aromatic rings. The third kappa shape index (κ3) is 2.97. The molecule has 0 amide bonds. The molecule has 1 unspecified atom stereocenters. The summed E-state index contributed by atoms with van der Waals surface area (Å²) in [6, 6.07) is 10.7. The summed E-state index contributed by atoms with van der Waals surface area (Å²) >= 11 is 11.5. The lowest BCUT2D eigenvalue weighted by molar-refractivity contribution is 0.607. The van der Waals surface area contributed by atoms with Crippen LogP contribution in [0.1, 0.15) is 24.8 Å². The van der Waals surface area contributed by atoms with E-state index in [9.17, 15) is 0 Å². The monoisotopic (exact) mass is 343 g/mol. The third-order valence-electron chi connectivity index (χ3n) is 2.78. The topological polar surface area (TPSA) is 12.0 Å². The molecule has 1 heterocycles. The summed E-state index contributed by atoms with van der Waals surface area (Å²) in [4.78, 5) is 2.59. The number of nitrogens with one attached hydrogen (secondary N) is 1. The van der Waals surface area contributed by atoms with Gasteiger partial charge in [0.2, 0.25) is 0 Å². The average molecular weight is 345 g/mol. The molecule has 0 spiro atoms. The smallest absolute Gasteiger partial charge is 0.0554 e. The highest BCUT2D eigenvalue weighted by atomic mass is 79.9. The molecule has 96 valence electrons. The van der Waals surface area contributed by atoms with Crippen molar-refractivity contribution < 1.29 is 0 Å². The Bertz CT molecular complexity index is 538. The van der Waals surface area contributed by atoms with Crippen LogP contribution in [0, 0.1) is 0 Å². The first kappa shape index (κ1) is 14.1. The van der Waals surface area contributed by atoms with E-state index in [1.165, 1.54) is 9.75 Å². The normalized spacial score (nSPS) is 12.7. The number of hydrogen-bond acceptors (Lipinski definition) is 2. The molecule has 0 saturated heterocycles. The molecule has 0 saturated carbocycles. The molecule has 0 aliphatic heterocycles. The second-order valence-electron chi connectivity index (χ2n) is 4.08. The standard InChI is InChI=1S/C14H15BrClNS/c1-3-17-9(2)12-7-8-13(18-12)10-5-4-6-11(16)14(10)15/h4-9,17H,3H2,1-2H3. The van der Waals surface area contributed by atoms with Gasteiger partial charge in [-0.25, -0.2) is 0 Å². The van der Waals surface area contributed by atoms with E-state index in [0.29, 0.717) is 6.04 Å². The predicted octanol–water partition coefficient (Wildman–Crippen LogP) is 5.50. The predicted molar refractivity (Wildman–Crippen MR) is 84.6 cm³/mol. The molecule has 18 heavy (non-hydrogen) atoms. The lowest BCUT2D eigenvalue weighted by atomic mass is 10.2. The Kier molecular flexibility index (Phi) is 4.84. The van der Waals surface area contributed by atoms with E-state index < -0.39 is 0 Å². The van der Waals surface area contributed by atoms with Gasteiger partial charge in [-0.15, -0.1) is 11.3 Å². The van der Waals surface area contributed by atoms with Gasteiger partial charge in [0.15, 0.2) is 0 Å². The number of halogens is 2. The van der Waals surface area contributed by atoms with Gasteiger partial charge in [-0.05, 0) is 47.6 Å². The third-order valence-corrected chi connectivity index (χ3v) is 5.48. The zero-order chi connectivity index (χ0) is 13.1. The fourth-order valence-corrected chi connectivity index (χ4v) is 3.68. The molecule has 1 atom stereocenters. The SMILES string of the molecule is CCNC(C)c1ccc(-c2cccc(Cl)c2Br)s1. The van der Waals surface area contributed by atoms with Crippen LogP contribution < -0.4 is 5.32 Å². The van der Waals surface area contributed by atoms with Gasteiger partial charge in [0, 0.05) is 25.8 Å². The minimum atomic E-state index is 0.395. The molecular weight excluding hydrogens is 330 g/mol. The zero-order valence-electron chi connectivity index (χ0n) is 10.3. The molecule has 1 aromatic carbocycles. The molecular formula is C14H15BrClNS. The maximum atomic E-state index is 6.13. The van der Waals surface area contributed by atoms with Crippen molar-refractivity contribution >= 4 is 38.9 Å². The highest BCUT2D eigenvalue weighted by Crippen LogP contribution is 2.38. The molecule has 1 N–H and O–H groups in total. The highest BCUT2D eigenvalue weighted by Gasteiger charge is 2.11. The summed E-state index contributed by atoms with van der Waals surface area (Å²) in [6.07, 6.45) is 0. The van der Waals surface area contributed by atoms with Crippen LogP contribution in [0.5, 0.6) is 0 Å². The molecule has 1 nitrogen and oxygen atoms in total. The summed E-state index contributed by atoms with van der Waals surface area (Å²) < 4.78 is 0.969. The highest BCUT2D eigenvalue weighted by molar-refractivity contribution is 9.10. The van der Waals surface area contributed by atoms with E-state index >= 15 is 0 Å². The zero-order valence-corrected chi connectivity index (χ0v) is 13.5. The van der Waals surface area contributed by atoms with Crippen molar-refractivity contribution in [3.63, 3.8) is 0 Å². The minimum Gasteiger partial charge on any atom is -0.310 e.